The van der Waals surface area contributed by atoms with Crippen molar-refractivity contribution in [3.8, 4) is 0 Å². The Morgan fingerprint density at radius 1 is 1.54 bits per heavy atom. The van der Waals surface area contributed by atoms with Crippen LogP contribution in [0.2, 0.25) is 0 Å². The summed E-state index contributed by atoms with van der Waals surface area (Å²) in [6, 6.07) is 0.159. The first kappa shape index (κ1) is 8.81. The molecule has 74 valence electrons. The molecule has 0 aliphatic carbocycles. The maximum atomic E-state index is 11.0. The molecule has 2 aliphatic heterocycles. The summed E-state index contributed by atoms with van der Waals surface area (Å²) < 4.78 is 0. The largest absolute Gasteiger partial charge is 0.465 e. The van der Waals surface area contributed by atoms with E-state index in [1.807, 2.05) is 0 Å². The number of aliphatic hydroxyl groups excluding tert-OH is 1. The van der Waals surface area contributed by atoms with Crippen LogP contribution in [0.5, 0.6) is 0 Å². The van der Waals surface area contributed by atoms with Crippen LogP contribution in [0.4, 0.5) is 4.79 Å². The van der Waals surface area contributed by atoms with Crippen LogP contribution < -0.4 is 0 Å². The second-order valence-corrected chi connectivity index (χ2v) is 4.16. The molecule has 0 aromatic heterocycles. The number of hydrogen-bond donors (Lipinski definition) is 2. The van der Waals surface area contributed by atoms with Gasteiger partial charge in [-0.3, -0.25) is 4.90 Å². The molecule has 2 rings (SSSR count). The van der Waals surface area contributed by atoms with Crippen LogP contribution in [-0.4, -0.2) is 38.9 Å². The summed E-state index contributed by atoms with van der Waals surface area (Å²) in [5.74, 6) is 0. The maximum absolute atomic E-state index is 11.0. The number of carboxylic acid groups (broad SMARTS) is 1. The van der Waals surface area contributed by atoms with E-state index in [9.17, 15) is 9.90 Å². The van der Waals surface area contributed by atoms with Crippen LogP contribution in [0.1, 0.15) is 32.6 Å². The molecule has 1 unspecified atom stereocenters. The molecular formula is C9H15NO3. The average Bonchev–Trinajstić information content (AvgIpc) is 2.58. The quantitative estimate of drug-likeness (QED) is 0.641. The van der Waals surface area contributed by atoms with Crippen molar-refractivity contribution in [1.82, 2.24) is 4.90 Å². The Morgan fingerprint density at radius 3 is 2.38 bits per heavy atom. The van der Waals surface area contributed by atoms with Gasteiger partial charge in [0, 0.05) is 6.04 Å². The summed E-state index contributed by atoms with van der Waals surface area (Å²) >= 11 is 0. The minimum absolute atomic E-state index is 0.159. The fraction of sp³-hybridized carbons (Fsp3) is 0.889. The van der Waals surface area contributed by atoms with E-state index < -0.39 is 17.7 Å². The standard InChI is InChI=1S/C9H15NO3/c1-6(11)9-4-2-7(3-5-9)10(9)8(12)13/h6-7,11H,2-5H2,1H3,(H,12,13). The zero-order valence-corrected chi connectivity index (χ0v) is 7.73. The van der Waals surface area contributed by atoms with Gasteiger partial charge in [0.25, 0.3) is 0 Å². The van der Waals surface area contributed by atoms with Crippen LogP contribution in [0.25, 0.3) is 0 Å². The van der Waals surface area contributed by atoms with Crippen molar-refractivity contribution in [2.75, 3.05) is 0 Å². The normalized spacial score (nSPS) is 39.5. The van der Waals surface area contributed by atoms with Gasteiger partial charge < -0.3 is 10.2 Å². The topological polar surface area (TPSA) is 60.8 Å². The monoisotopic (exact) mass is 185 g/mol. The highest BCUT2D eigenvalue weighted by Gasteiger charge is 2.56. The second-order valence-electron chi connectivity index (χ2n) is 4.16. The molecule has 2 heterocycles. The summed E-state index contributed by atoms with van der Waals surface area (Å²) in [6.07, 6.45) is 2.05. The lowest BCUT2D eigenvalue weighted by atomic mass is 9.84. The third-order valence-corrected chi connectivity index (χ3v) is 3.65. The Bertz CT molecular complexity index is 231. The van der Waals surface area contributed by atoms with Crippen LogP contribution in [0.3, 0.4) is 0 Å². The molecule has 0 saturated carbocycles. The predicted molar refractivity (Wildman–Crippen MR) is 46.5 cm³/mol. The molecule has 2 aliphatic rings. The third-order valence-electron chi connectivity index (χ3n) is 3.65. The zero-order valence-electron chi connectivity index (χ0n) is 7.73. The van der Waals surface area contributed by atoms with Crippen molar-refractivity contribution in [3.05, 3.63) is 0 Å². The number of hydrogen-bond acceptors (Lipinski definition) is 2. The number of aliphatic hydroxyl groups is 1. The minimum Gasteiger partial charge on any atom is -0.465 e. The van der Waals surface area contributed by atoms with Crippen molar-refractivity contribution in [2.24, 2.45) is 0 Å². The maximum Gasteiger partial charge on any atom is 0.408 e. The number of rotatable bonds is 1. The van der Waals surface area contributed by atoms with Gasteiger partial charge in [-0.25, -0.2) is 4.79 Å². The Labute approximate surface area is 77.2 Å². The molecular weight excluding hydrogens is 170 g/mol. The van der Waals surface area contributed by atoms with Crippen LogP contribution >= 0.6 is 0 Å². The van der Waals surface area contributed by atoms with Gasteiger partial charge in [-0.05, 0) is 32.6 Å². The number of carbonyl (C=O) groups is 1. The minimum atomic E-state index is -0.874. The molecule has 2 saturated heterocycles. The fourth-order valence-electron chi connectivity index (χ4n) is 2.93. The molecule has 1 amide bonds. The lowest BCUT2D eigenvalue weighted by molar-refractivity contribution is 0.0196. The smallest absolute Gasteiger partial charge is 0.408 e. The van der Waals surface area contributed by atoms with Crippen LogP contribution in [0.15, 0.2) is 0 Å². The van der Waals surface area contributed by atoms with E-state index in [2.05, 4.69) is 0 Å². The molecule has 2 fully saturated rings. The second kappa shape index (κ2) is 2.61. The highest BCUT2D eigenvalue weighted by atomic mass is 16.4. The first-order chi connectivity index (χ1) is 6.08. The molecule has 4 heteroatoms. The SMILES string of the molecule is CC(O)C12CCC(CC1)N2C(=O)O. The third kappa shape index (κ3) is 0.981. The highest BCUT2D eigenvalue weighted by Crippen LogP contribution is 2.48. The van der Waals surface area contributed by atoms with Crippen LogP contribution in [-0.2, 0) is 0 Å². The Kier molecular flexibility index (Phi) is 1.77. The molecule has 0 aromatic rings. The van der Waals surface area contributed by atoms with Gasteiger partial charge in [0.05, 0.1) is 11.6 Å². The van der Waals surface area contributed by atoms with Gasteiger partial charge in [-0.1, -0.05) is 0 Å². The Hall–Kier alpha value is -0.770. The first-order valence-corrected chi connectivity index (χ1v) is 4.78. The molecule has 13 heavy (non-hydrogen) atoms. The summed E-state index contributed by atoms with van der Waals surface area (Å²) in [6.45, 7) is 1.70. The van der Waals surface area contributed by atoms with Crippen molar-refractivity contribution in [2.45, 2.75) is 50.3 Å². The number of nitrogens with zero attached hydrogens (tertiary/aromatic N) is 1. The van der Waals surface area contributed by atoms with E-state index in [0.29, 0.717) is 0 Å². The number of amides is 1. The lowest BCUT2D eigenvalue weighted by Gasteiger charge is -2.35. The molecule has 0 aromatic carbocycles. The van der Waals surface area contributed by atoms with Crippen molar-refractivity contribution >= 4 is 6.09 Å². The molecule has 2 bridgehead atoms. The van der Waals surface area contributed by atoms with E-state index >= 15 is 0 Å². The van der Waals surface area contributed by atoms with Gasteiger partial charge in [-0.2, -0.15) is 0 Å². The number of fused-ring (bicyclic) bond motifs is 2. The average molecular weight is 185 g/mol. The van der Waals surface area contributed by atoms with Crippen molar-refractivity contribution in [1.29, 1.82) is 0 Å². The highest BCUT2D eigenvalue weighted by molar-refractivity contribution is 5.68. The van der Waals surface area contributed by atoms with Gasteiger partial charge in [0.2, 0.25) is 0 Å². The van der Waals surface area contributed by atoms with Gasteiger partial charge in [0.1, 0.15) is 0 Å². The molecule has 0 spiro atoms. The van der Waals surface area contributed by atoms with Crippen molar-refractivity contribution in [3.63, 3.8) is 0 Å². The Morgan fingerprint density at radius 2 is 2.08 bits per heavy atom. The summed E-state index contributed by atoms with van der Waals surface area (Å²) in [7, 11) is 0. The summed E-state index contributed by atoms with van der Waals surface area (Å²) in [4.78, 5) is 12.5. The van der Waals surface area contributed by atoms with Gasteiger partial charge >= 0.3 is 6.09 Å². The van der Waals surface area contributed by atoms with E-state index in [0.717, 1.165) is 25.7 Å². The van der Waals surface area contributed by atoms with Crippen LogP contribution in [0, 0.1) is 0 Å². The molecule has 1 atom stereocenters. The first-order valence-electron chi connectivity index (χ1n) is 4.78. The van der Waals surface area contributed by atoms with E-state index in [4.69, 9.17) is 5.11 Å². The van der Waals surface area contributed by atoms with Gasteiger partial charge in [0.15, 0.2) is 0 Å². The molecule has 0 radical (unpaired) electrons. The Balaban J connectivity index is 2.31. The summed E-state index contributed by atoms with van der Waals surface area (Å²) in [5, 5.41) is 18.7. The van der Waals surface area contributed by atoms with E-state index in [-0.39, 0.29) is 6.04 Å². The lowest BCUT2D eigenvalue weighted by Crippen LogP contribution is -2.51. The van der Waals surface area contributed by atoms with Crippen molar-refractivity contribution < 1.29 is 15.0 Å². The van der Waals surface area contributed by atoms with E-state index in [1.54, 1.807) is 6.92 Å². The molecule has 4 nitrogen and oxygen atoms in total. The summed E-state index contributed by atoms with van der Waals surface area (Å²) in [5.41, 5.74) is -0.462. The van der Waals surface area contributed by atoms with Gasteiger partial charge in [-0.15, -0.1) is 0 Å². The molecule has 2 N–H and O–H groups in total. The predicted octanol–water partition coefficient (Wildman–Crippen LogP) is 1.04. The zero-order chi connectivity index (χ0) is 9.64. The van der Waals surface area contributed by atoms with E-state index in [1.165, 1.54) is 4.90 Å². The fourth-order valence-corrected chi connectivity index (χ4v) is 2.93.